The molecule has 29 heavy (non-hydrogen) atoms. The Balaban J connectivity index is 1.68. The van der Waals surface area contributed by atoms with Crippen LogP contribution >= 0.6 is 15.9 Å². The van der Waals surface area contributed by atoms with Gasteiger partial charge < -0.3 is 4.98 Å². The molecule has 0 bridgehead atoms. The molecule has 0 spiro atoms. The van der Waals surface area contributed by atoms with E-state index in [2.05, 4.69) is 40.0 Å². The molecule has 5 rings (SSSR count). The van der Waals surface area contributed by atoms with Crippen LogP contribution in [0.3, 0.4) is 0 Å². The van der Waals surface area contributed by atoms with Crippen molar-refractivity contribution in [2.24, 2.45) is 0 Å². The van der Waals surface area contributed by atoms with E-state index >= 15 is 0 Å². The predicted octanol–water partition coefficient (Wildman–Crippen LogP) is 5.01. The highest BCUT2D eigenvalue weighted by Crippen LogP contribution is 2.44. The number of urea groups is 1. The number of para-hydroxylation sites is 1. The number of hydrogen-bond acceptors (Lipinski definition) is 2. The lowest BCUT2D eigenvalue weighted by Crippen LogP contribution is -2.44. The number of aromatic nitrogens is 1. The molecule has 148 valence electrons. The Morgan fingerprint density at radius 2 is 1.86 bits per heavy atom. The monoisotopic (exact) mass is 451 g/mol. The third-order valence-corrected chi connectivity index (χ3v) is 6.58. The first kappa shape index (κ1) is 18.4. The summed E-state index contributed by atoms with van der Waals surface area (Å²) in [5, 5.41) is 1.14. The van der Waals surface area contributed by atoms with Gasteiger partial charge in [-0.3, -0.25) is 14.6 Å². The first-order valence-corrected chi connectivity index (χ1v) is 10.9. The third-order valence-electron chi connectivity index (χ3n) is 6.06. The number of amides is 3. The lowest BCUT2D eigenvalue weighted by Gasteiger charge is -2.36. The molecule has 2 atom stereocenters. The van der Waals surface area contributed by atoms with Gasteiger partial charge in [-0.25, -0.2) is 4.79 Å². The van der Waals surface area contributed by atoms with Gasteiger partial charge in [0.15, 0.2) is 0 Å². The first-order chi connectivity index (χ1) is 14.1. The van der Waals surface area contributed by atoms with Crippen molar-refractivity contribution in [3.8, 4) is 0 Å². The second-order valence-corrected chi connectivity index (χ2v) is 8.69. The molecular weight excluding hydrogens is 430 g/mol. The standard InChI is InChI=1S/C23H22BrN3O2/c1-2-3-12-26-22(28)19-13-17-16-6-4-5-7-18(16)25-20(17)21(27(19)23(26)29)14-8-10-15(24)11-9-14/h4-11,19,21,25H,2-3,12-13H2,1H3/t19-,21+/m1/s1. The van der Waals surface area contributed by atoms with Gasteiger partial charge in [0.1, 0.15) is 12.1 Å². The van der Waals surface area contributed by atoms with Gasteiger partial charge in [0, 0.05) is 34.0 Å². The van der Waals surface area contributed by atoms with E-state index in [9.17, 15) is 9.59 Å². The van der Waals surface area contributed by atoms with E-state index in [1.807, 2.05) is 36.4 Å². The minimum absolute atomic E-state index is 0.0681. The number of carbonyl (C=O) groups is 2. The summed E-state index contributed by atoms with van der Waals surface area (Å²) in [6.45, 7) is 2.56. The van der Waals surface area contributed by atoms with Crippen LogP contribution in [0.4, 0.5) is 4.79 Å². The van der Waals surface area contributed by atoms with Crippen LogP contribution in [0.25, 0.3) is 10.9 Å². The zero-order chi connectivity index (χ0) is 20.1. The Morgan fingerprint density at radius 3 is 2.62 bits per heavy atom. The number of rotatable bonds is 4. The Kier molecular flexibility index (Phi) is 4.46. The Hall–Kier alpha value is -2.60. The molecule has 0 radical (unpaired) electrons. The van der Waals surface area contributed by atoms with Crippen LogP contribution in [0.2, 0.25) is 0 Å². The summed E-state index contributed by atoms with van der Waals surface area (Å²) in [5.41, 5.74) is 4.21. The highest BCUT2D eigenvalue weighted by molar-refractivity contribution is 9.10. The maximum Gasteiger partial charge on any atom is 0.328 e. The summed E-state index contributed by atoms with van der Waals surface area (Å²) in [7, 11) is 0. The Labute approximate surface area is 177 Å². The largest absolute Gasteiger partial charge is 0.356 e. The topological polar surface area (TPSA) is 56.4 Å². The average molecular weight is 452 g/mol. The normalized spacial score (nSPS) is 21.0. The molecule has 5 nitrogen and oxygen atoms in total. The van der Waals surface area contributed by atoms with Crippen LogP contribution in [0, 0.1) is 0 Å². The Bertz CT molecular complexity index is 1110. The Morgan fingerprint density at radius 1 is 1.10 bits per heavy atom. The van der Waals surface area contributed by atoms with E-state index in [1.165, 1.54) is 4.90 Å². The second-order valence-electron chi connectivity index (χ2n) is 7.77. The van der Waals surface area contributed by atoms with Crippen molar-refractivity contribution in [2.75, 3.05) is 6.54 Å². The van der Waals surface area contributed by atoms with Crippen LogP contribution in [0.5, 0.6) is 0 Å². The number of halogens is 1. The van der Waals surface area contributed by atoms with Gasteiger partial charge in [-0.2, -0.15) is 0 Å². The maximum absolute atomic E-state index is 13.3. The van der Waals surface area contributed by atoms with E-state index < -0.39 is 6.04 Å². The summed E-state index contributed by atoms with van der Waals surface area (Å²) < 4.78 is 0.985. The van der Waals surface area contributed by atoms with Gasteiger partial charge in [-0.1, -0.05) is 59.6 Å². The summed E-state index contributed by atoms with van der Waals surface area (Å²) in [4.78, 5) is 33.3. The molecule has 0 saturated carbocycles. The van der Waals surface area contributed by atoms with Gasteiger partial charge in [-0.15, -0.1) is 0 Å². The summed E-state index contributed by atoms with van der Waals surface area (Å²) in [5.74, 6) is -0.0681. The molecule has 2 aliphatic rings. The van der Waals surface area contributed by atoms with Crippen LogP contribution in [0.1, 0.15) is 42.6 Å². The quantitative estimate of drug-likeness (QED) is 0.566. The van der Waals surface area contributed by atoms with Crippen molar-refractivity contribution in [1.29, 1.82) is 0 Å². The van der Waals surface area contributed by atoms with E-state index in [4.69, 9.17) is 0 Å². The minimum atomic E-state index is -0.445. The minimum Gasteiger partial charge on any atom is -0.356 e. The number of nitrogens with one attached hydrogen (secondary N) is 1. The van der Waals surface area contributed by atoms with Gasteiger partial charge in [0.25, 0.3) is 5.91 Å². The number of aromatic amines is 1. The lowest BCUT2D eigenvalue weighted by molar-refractivity contribution is -0.128. The molecule has 6 heteroatoms. The molecule has 2 aliphatic heterocycles. The van der Waals surface area contributed by atoms with Crippen molar-refractivity contribution in [1.82, 2.24) is 14.8 Å². The van der Waals surface area contributed by atoms with Gasteiger partial charge in [-0.05, 0) is 35.7 Å². The highest BCUT2D eigenvalue weighted by atomic mass is 79.9. The van der Waals surface area contributed by atoms with Crippen molar-refractivity contribution >= 4 is 38.8 Å². The molecule has 2 aromatic carbocycles. The lowest BCUT2D eigenvalue weighted by atomic mass is 9.89. The van der Waals surface area contributed by atoms with Crippen LogP contribution < -0.4 is 0 Å². The van der Waals surface area contributed by atoms with Crippen LogP contribution in [-0.4, -0.2) is 39.3 Å². The fourth-order valence-electron chi connectivity index (χ4n) is 4.64. The van der Waals surface area contributed by atoms with Gasteiger partial charge in [0.2, 0.25) is 0 Å². The zero-order valence-corrected chi connectivity index (χ0v) is 17.8. The fourth-order valence-corrected chi connectivity index (χ4v) is 4.91. The number of H-pyrrole nitrogens is 1. The smallest absolute Gasteiger partial charge is 0.328 e. The summed E-state index contributed by atoms with van der Waals surface area (Å²) >= 11 is 3.49. The average Bonchev–Trinajstić information content (AvgIpc) is 3.21. The van der Waals surface area contributed by atoms with E-state index in [-0.39, 0.29) is 18.0 Å². The molecule has 0 unspecified atom stereocenters. The fraction of sp³-hybridized carbons (Fsp3) is 0.304. The first-order valence-electron chi connectivity index (χ1n) is 10.1. The molecule has 3 heterocycles. The second kappa shape index (κ2) is 7.02. The molecule has 1 fully saturated rings. The highest BCUT2D eigenvalue weighted by Gasteiger charge is 2.52. The number of unbranched alkanes of at least 4 members (excludes halogenated alkanes) is 1. The van der Waals surface area contributed by atoms with Crippen molar-refractivity contribution < 1.29 is 9.59 Å². The predicted molar refractivity (Wildman–Crippen MR) is 116 cm³/mol. The van der Waals surface area contributed by atoms with Gasteiger partial charge >= 0.3 is 6.03 Å². The summed E-state index contributed by atoms with van der Waals surface area (Å²) in [6, 6.07) is 15.3. The molecular formula is C23H22BrN3O2. The zero-order valence-electron chi connectivity index (χ0n) is 16.2. The van der Waals surface area contributed by atoms with E-state index in [0.717, 1.165) is 45.0 Å². The molecule has 3 amide bonds. The molecule has 1 saturated heterocycles. The van der Waals surface area contributed by atoms with Crippen LogP contribution in [-0.2, 0) is 11.2 Å². The molecule has 1 N–H and O–H groups in total. The number of fused-ring (bicyclic) bond motifs is 4. The van der Waals surface area contributed by atoms with Crippen molar-refractivity contribution in [2.45, 2.75) is 38.3 Å². The molecule has 0 aliphatic carbocycles. The van der Waals surface area contributed by atoms with Crippen molar-refractivity contribution in [3.63, 3.8) is 0 Å². The van der Waals surface area contributed by atoms with Gasteiger partial charge in [0.05, 0.1) is 0 Å². The number of imide groups is 1. The molecule has 1 aromatic heterocycles. The van der Waals surface area contributed by atoms with Crippen LogP contribution in [0.15, 0.2) is 53.0 Å². The maximum atomic E-state index is 13.3. The number of nitrogens with zero attached hydrogens (tertiary/aromatic N) is 2. The number of hydrogen-bond donors (Lipinski definition) is 1. The van der Waals surface area contributed by atoms with Crippen molar-refractivity contribution in [3.05, 3.63) is 69.8 Å². The number of benzene rings is 2. The summed E-state index contributed by atoms with van der Waals surface area (Å²) in [6.07, 6.45) is 2.33. The SMILES string of the molecule is CCCCN1C(=O)[C@H]2Cc3c([nH]c4ccccc34)[C@H](c3ccc(Br)cc3)N2C1=O. The molecule has 3 aromatic rings. The van der Waals surface area contributed by atoms with E-state index in [1.54, 1.807) is 4.90 Å². The third kappa shape index (κ3) is 2.81. The number of carbonyl (C=O) groups excluding carboxylic acids is 2. The van der Waals surface area contributed by atoms with E-state index in [0.29, 0.717) is 13.0 Å².